The molecule has 17 heteroatoms. The number of ketones is 4. The van der Waals surface area contributed by atoms with Crippen LogP contribution in [0.5, 0.6) is 5.75 Å². The molecule has 0 fully saturated rings. The van der Waals surface area contributed by atoms with Gasteiger partial charge in [-0.25, -0.2) is 10.2 Å². The number of halogens is 1. The molecule has 0 saturated carbocycles. The molecule has 0 aliphatic carbocycles. The van der Waals surface area contributed by atoms with Gasteiger partial charge >= 0.3 is 11.9 Å². The van der Waals surface area contributed by atoms with Crippen molar-refractivity contribution in [1.29, 1.82) is 0 Å². The Bertz CT molecular complexity index is 1750. The summed E-state index contributed by atoms with van der Waals surface area (Å²) in [5, 5.41) is 9.89. The molecule has 1 aliphatic rings. The van der Waals surface area contributed by atoms with E-state index in [4.69, 9.17) is 21.1 Å². The largest absolute Gasteiger partial charge is 0.465 e. The molecule has 2 heterocycles. The van der Waals surface area contributed by atoms with E-state index in [-0.39, 0.29) is 85.3 Å². The molecule has 1 aliphatic heterocycles. The molecule has 0 bridgehead atoms. The Hall–Kier alpha value is -3.30. The van der Waals surface area contributed by atoms with E-state index in [1.54, 1.807) is 26.8 Å². The zero-order chi connectivity index (χ0) is 42.6. The summed E-state index contributed by atoms with van der Waals surface area (Å²) in [7, 11) is 5.65. The molecule has 0 spiro atoms. The van der Waals surface area contributed by atoms with Crippen LogP contribution in [0.25, 0.3) is 10.9 Å². The number of ether oxygens (including phenoxy) is 2. The lowest BCUT2D eigenvalue weighted by Gasteiger charge is -2.23. The van der Waals surface area contributed by atoms with Crippen molar-refractivity contribution in [1.82, 2.24) is 31.8 Å². The highest BCUT2D eigenvalue weighted by molar-refractivity contribution is 7.18. The van der Waals surface area contributed by atoms with Crippen LogP contribution in [0.3, 0.4) is 0 Å². The smallest absolute Gasteiger partial charge is 0.340 e. The molecule has 1 aromatic heterocycles. The number of aromatic nitrogens is 1. The number of nitrogens with zero attached hydrogens (tertiary/aromatic N) is 1. The highest BCUT2D eigenvalue weighted by Crippen LogP contribution is 2.46. The van der Waals surface area contributed by atoms with Crippen molar-refractivity contribution in [2.75, 3.05) is 57.4 Å². The Morgan fingerprint density at radius 2 is 1.58 bits per heavy atom. The van der Waals surface area contributed by atoms with E-state index >= 15 is 0 Å². The second-order valence-corrected chi connectivity index (χ2v) is 16.4. The number of carbonyl (C=O) groups excluding carboxylic acids is 6. The number of esters is 2. The number of aromatic amines is 1. The van der Waals surface area contributed by atoms with Crippen molar-refractivity contribution in [2.24, 2.45) is 11.8 Å². The summed E-state index contributed by atoms with van der Waals surface area (Å²) in [6.45, 7) is 14.1. The Kier molecular flexibility index (Phi) is 19.2. The number of alkyl halides is 1. The molecule has 15 nitrogen and oxygen atoms in total. The number of aryl methyl sites for hydroxylation is 1. The number of likely N-dealkylation sites (N-methyl/N-ethyl adjacent to an activating group) is 1. The maximum atomic E-state index is 13.4. The average Bonchev–Trinajstić information content (AvgIpc) is 3.68. The number of benzene rings is 1. The minimum atomic E-state index is -0.740. The SMILES string of the molecule is COC(=O)c1c(C)[nH]c2c(OC(=O)CCNN[C@@H](CC(C)C)C(=O)CC(=O)[C@H](C)NCC(=O)[C@H](CC(C)C)NCN[C@@H](C)C(=O)CP)cc3c(c12)C(CCl)CN3C. The van der Waals surface area contributed by atoms with Crippen LogP contribution in [-0.4, -0.2) is 117 Å². The van der Waals surface area contributed by atoms with Crippen LogP contribution in [0.1, 0.15) is 94.8 Å². The maximum Gasteiger partial charge on any atom is 0.340 e. The van der Waals surface area contributed by atoms with Crippen molar-refractivity contribution in [3.63, 3.8) is 0 Å². The minimum Gasteiger partial charge on any atom is -0.465 e. The van der Waals surface area contributed by atoms with Crippen molar-refractivity contribution < 1.29 is 38.2 Å². The summed E-state index contributed by atoms with van der Waals surface area (Å²) < 4.78 is 10.9. The van der Waals surface area contributed by atoms with Gasteiger partial charge in [-0.1, -0.05) is 27.7 Å². The van der Waals surface area contributed by atoms with Gasteiger partial charge in [-0.2, -0.15) is 0 Å². The number of nitrogens with one attached hydrogen (secondary N) is 6. The van der Waals surface area contributed by atoms with Gasteiger partial charge in [0.25, 0.3) is 0 Å². The molecule has 0 saturated heterocycles. The quantitative estimate of drug-likeness (QED) is 0.0118. The van der Waals surface area contributed by atoms with Gasteiger partial charge in [0, 0.05) is 67.6 Å². The van der Waals surface area contributed by atoms with Gasteiger partial charge in [0.2, 0.25) is 0 Å². The van der Waals surface area contributed by atoms with E-state index in [9.17, 15) is 28.8 Å². The van der Waals surface area contributed by atoms with Crippen LogP contribution < -0.4 is 36.4 Å². The summed E-state index contributed by atoms with van der Waals surface area (Å²) in [6.07, 6.45) is 0.974. The number of Topliss-reactive ketones (excluding diaryl/α,β-unsaturated/α-hetero) is 4. The molecule has 0 amide bonds. The molecule has 6 N–H and O–H groups in total. The lowest BCUT2D eigenvalue weighted by atomic mass is 9.95. The molecule has 3 rings (SSSR count). The maximum absolute atomic E-state index is 13.4. The topological polar surface area (TPSA) is 200 Å². The number of methoxy groups -OCH3 is 1. The van der Waals surface area contributed by atoms with Gasteiger partial charge in [-0.3, -0.25) is 40.0 Å². The summed E-state index contributed by atoms with van der Waals surface area (Å²) in [4.78, 5) is 82.7. The fraction of sp³-hybridized carbons (Fsp3) is 0.650. The van der Waals surface area contributed by atoms with Gasteiger partial charge in [0.15, 0.2) is 28.9 Å². The Labute approximate surface area is 343 Å². The van der Waals surface area contributed by atoms with Gasteiger partial charge in [-0.05, 0) is 51.0 Å². The fourth-order valence-electron chi connectivity index (χ4n) is 6.93. The molecule has 0 radical (unpaired) electrons. The second kappa shape index (κ2) is 22.7. The second-order valence-electron chi connectivity index (χ2n) is 15.7. The molecule has 6 atom stereocenters. The van der Waals surface area contributed by atoms with Gasteiger partial charge in [0.1, 0.15) is 0 Å². The highest BCUT2D eigenvalue weighted by Gasteiger charge is 2.34. The van der Waals surface area contributed by atoms with Crippen molar-refractivity contribution >= 4 is 72.5 Å². The number of hydrazine groups is 1. The lowest BCUT2D eigenvalue weighted by Crippen LogP contribution is -2.50. The zero-order valence-corrected chi connectivity index (χ0v) is 36.8. The average molecular weight is 836 g/mol. The summed E-state index contributed by atoms with van der Waals surface area (Å²) in [5.74, 6) is -0.823. The van der Waals surface area contributed by atoms with Gasteiger partial charge < -0.3 is 24.7 Å². The lowest BCUT2D eigenvalue weighted by molar-refractivity contribution is -0.134. The van der Waals surface area contributed by atoms with E-state index in [0.717, 1.165) is 11.3 Å². The summed E-state index contributed by atoms with van der Waals surface area (Å²) in [6, 6.07) is -0.489. The molecule has 57 heavy (non-hydrogen) atoms. The van der Waals surface area contributed by atoms with Crippen LogP contribution >= 0.6 is 20.8 Å². The van der Waals surface area contributed by atoms with Crippen LogP contribution in [0.15, 0.2) is 6.07 Å². The first kappa shape index (κ1) is 48.1. The van der Waals surface area contributed by atoms with E-state index < -0.39 is 30.1 Å². The number of anilines is 1. The normalized spacial score (nSPS) is 16.1. The monoisotopic (exact) mass is 835 g/mol. The third-order valence-electron chi connectivity index (χ3n) is 10.1. The fourth-order valence-corrected chi connectivity index (χ4v) is 7.54. The predicted molar refractivity (Wildman–Crippen MR) is 226 cm³/mol. The van der Waals surface area contributed by atoms with Crippen molar-refractivity contribution in [3.8, 4) is 5.75 Å². The van der Waals surface area contributed by atoms with Crippen molar-refractivity contribution in [3.05, 3.63) is 22.9 Å². The number of hydrogen-bond acceptors (Lipinski definition) is 14. The first-order valence-electron chi connectivity index (χ1n) is 19.7. The number of hydrogen-bond donors (Lipinski definition) is 6. The zero-order valence-electron chi connectivity index (χ0n) is 34.9. The third-order valence-corrected chi connectivity index (χ3v) is 10.9. The Balaban J connectivity index is 1.57. The van der Waals surface area contributed by atoms with E-state index in [1.165, 1.54) is 7.11 Å². The first-order chi connectivity index (χ1) is 26.9. The number of rotatable bonds is 26. The van der Waals surface area contributed by atoms with Crippen LogP contribution in [0.4, 0.5) is 5.69 Å². The van der Waals surface area contributed by atoms with Gasteiger partial charge in [-0.15, -0.1) is 20.8 Å². The van der Waals surface area contributed by atoms with E-state index in [2.05, 4.69) is 41.0 Å². The predicted octanol–water partition coefficient (Wildman–Crippen LogP) is 3.30. The third kappa shape index (κ3) is 13.4. The van der Waals surface area contributed by atoms with Crippen LogP contribution in [-0.2, 0) is 28.7 Å². The minimum absolute atomic E-state index is 0.0369. The van der Waals surface area contributed by atoms with E-state index in [0.29, 0.717) is 53.6 Å². The molecular formula is C40H63ClN7O8P. The number of carbonyl (C=O) groups is 6. The Morgan fingerprint density at radius 1 is 0.930 bits per heavy atom. The summed E-state index contributed by atoms with van der Waals surface area (Å²) in [5.41, 5.74) is 9.14. The number of H-pyrrole nitrogens is 1. The van der Waals surface area contributed by atoms with Gasteiger partial charge in [0.05, 0.1) is 61.7 Å². The standard InChI is InChI=1S/C40H63ClN7O8P/c1-21(2)12-27(44-20-43-24(6)33(52)19-57)32(51)17-42-23(5)30(49)15-31(50)28(13-22(3)4)47-45-11-10-35(53)56-34-14-29-37(26(16-41)18-48(29)8)38-36(40(54)55-9)25(7)46-39(34)38/h14,21-24,26-28,42-47H,10-13,15-20,57H2,1-9H3/t23-,24-,26?,27-,28-/m0/s1. The molecule has 2 aromatic rings. The van der Waals surface area contributed by atoms with Crippen molar-refractivity contribution in [2.45, 2.75) is 104 Å². The van der Waals surface area contributed by atoms with Crippen LogP contribution in [0.2, 0.25) is 0 Å². The molecule has 2 unspecified atom stereocenters. The molecule has 1 aromatic carbocycles. The van der Waals surface area contributed by atoms with E-state index in [1.807, 2.05) is 39.6 Å². The number of fused-ring (bicyclic) bond motifs is 3. The highest BCUT2D eigenvalue weighted by atomic mass is 35.5. The first-order valence-corrected chi connectivity index (χ1v) is 21.0. The summed E-state index contributed by atoms with van der Waals surface area (Å²) >= 11 is 6.34. The molecule has 318 valence electrons. The van der Waals surface area contributed by atoms with Crippen LogP contribution in [0, 0.1) is 18.8 Å². The molecular weight excluding hydrogens is 773 g/mol. The Morgan fingerprint density at radius 3 is 2.19 bits per heavy atom.